The van der Waals surface area contributed by atoms with Crippen LogP contribution in [0.3, 0.4) is 0 Å². The van der Waals surface area contributed by atoms with Crippen molar-refractivity contribution in [1.29, 1.82) is 5.41 Å². The molecule has 0 amide bonds. The highest BCUT2D eigenvalue weighted by Crippen LogP contribution is 2.36. The molecule has 0 aromatic heterocycles. The lowest BCUT2D eigenvalue weighted by atomic mass is 9.75. The summed E-state index contributed by atoms with van der Waals surface area (Å²) in [6.07, 6.45) is 19.7. The van der Waals surface area contributed by atoms with Crippen molar-refractivity contribution in [2.75, 3.05) is 13.1 Å². The third-order valence-corrected chi connectivity index (χ3v) is 8.53. The van der Waals surface area contributed by atoms with Crippen molar-refractivity contribution in [3.63, 3.8) is 0 Å². The Labute approximate surface area is 246 Å². The van der Waals surface area contributed by atoms with Gasteiger partial charge in [0.15, 0.2) is 0 Å². The summed E-state index contributed by atoms with van der Waals surface area (Å²) in [5.41, 5.74) is 5.41. The molecule has 4 unspecified atom stereocenters. The topological polar surface area (TPSA) is 48.2 Å². The molecule has 0 aromatic carbocycles. The average molecular weight is 550 g/mol. The van der Waals surface area contributed by atoms with Gasteiger partial charge in [-0.1, -0.05) is 89.0 Å². The number of nitrogens with zero attached hydrogens (tertiary/aromatic N) is 1. The lowest BCUT2D eigenvalue weighted by molar-refractivity contribution is 0.360. The first-order chi connectivity index (χ1) is 18.4. The Morgan fingerprint density at radius 2 is 1.97 bits per heavy atom. The Balaban J connectivity index is 2.99. The minimum Gasteiger partial charge on any atom is -0.316 e. The van der Waals surface area contributed by atoms with Crippen LogP contribution in [0.15, 0.2) is 87.9 Å². The summed E-state index contributed by atoms with van der Waals surface area (Å²) in [7, 11) is 0. The zero-order valence-electron chi connectivity index (χ0n) is 25.8. The molecule has 0 saturated heterocycles. The van der Waals surface area contributed by atoms with Crippen LogP contribution in [0.25, 0.3) is 0 Å². The largest absolute Gasteiger partial charge is 0.316 e. The van der Waals surface area contributed by atoms with Gasteiger partial charge in [0, 0.05) is 12.1 Å². The van der Waals surface area contributed by atoms with E-state index in [9.17, 15) is 0 Å². The van der Waals surface area contributed by atoms with Crippen LogP contribution >= 0.6 is 12.6 Å². The molecule has 0 aliphatic heterocycles. The highest BCUT2D eigenvalue weighted by atomic mass is 32.1. The van der Waals surface area contributed by atoms with Gasteiger partial charge in [0.2, 0.25) is 0 Å². The molecule has 0 spiro atoms. The van der Waals surface area contributed by atoms with Crippen molar-refractivity contribution in [3.05, 3.63) is 82.9 Å². The summed E-state index contributed by atoms with van der Waals surface area (Å²) >= 11 is 4.43. The van der Waals surface area contributed by atoms with Crippen LogP contribution in [0.4, 0.5) is 0 Å². The van der Waals surface area contributed by atoms with Gasteiger partial charge in [-0.15, -0.1) is 12.6 Å². The molecule has 0 aromatic rings. The molecule has 39 heavy (non-hydrogen) atoms. The van der Waals surface area contributed by atoms with E-state index < -0.39 is 0 Å². The maximum Gasteiger partial charge on any atom is 0.0798 e. The molecule has 1 rings (SSSR count). The van der Waals surface area contributed by atoms with Crippen LogP contribution in [-0.4, -0.2) is 31.6 Å². The number of rotatable bonds is 18. The average Bonchev–Trinajstić information content (AvgIpc) is 2.91. The fraction of sp³-hybridized carbons (Fsp3) is 0.543. The van der Waals surface area contributed by atoms with E-state index in [-0.39, 0.29) is 11.5 Å². The molecule has 1 aliphatic carbocycles. The van der Waals surface area contributed by atoms with E-state index >= 15 is 0 Å². The van der Waals surface area contributed by atoms with E-state index in [1.165, 1.54) is 5.57 Å². The number of nitrogens with one attached hydrogen (secondary N) is 2. The summed E-state index contributed by atoms with van der Waals surface area (Å²) in [5.74, 6) is 1.28. The molecule has 4 atom stereocenters. The van der Waals surface area contributed by atoms with Gasteiger partial charge in [-0.3, -0.25) is 4.99 Å². The Morgan fingerprint density at radius 1 is 1.28 bits per heavy atom. The molecule has 216 valence electrons. The zero-order valence-corrected chi connectivity index (χ0v) is 26.7. The Hall–Kier alpha value is -2.17. The van der Waals surface area contributed by atoms with Gasteiger partial charge < -0.3 is 10.7 Å². The lowest BCUT2D eigenvalue weighted by Gasteiger charge is -2.32. The SMILES string of the molecule is C=C/C(C)=C(\C(=C)C)C(CC(=N)CC(CNCC(C)C/C=C\C(S)=C/C)C1C=CC(C(C)(C)CC)=CC1)N=C. The smallest absolute Gasteiger partial charge is 0.0798 e. The Morgan fingerprint density at radius 3 is 2.49 bits per heavy atom. The highest BCUT2D eigenvalue weighted by molar-refractivity contribution is 7.84. The quantitative estimate of drug-likeness (QED) is 0.0890. The zero-order chi connectivity index (χ0) is 29.6. The second-order valence-corrected chi connectivity index (χ2v) is 12.3. The van der Waals surface area contributed by atoms with E-state index in [4.69, 9.17) is 5.41 Å². The van der Waals surface area contributed by atoms with E-state index in [1.54, 1.807) is 0 Å². The fourth-order valence-corrected chi connectivity index (χ4v) is 5.17. The number of aliphatic imine (C=N–C) groups is 1. The third-order valence-electron chi connectivity index (χ3n) is 8.12. The van der Waals surface area contributed by atoms with Crippen LogP contribution in [0, 0.1) is 28.6 Å². The predicted molar refractivity (Wildman–Crippen MR) is 179 cm³/mol. The lowest BCUT2D eigenvalue weighted by Crippen LogP contribution is -2.33. The minimum atomic E-state index is -0.166. The van der Waals surface area contributed by atoms with E-state index in [2.05, 4.69) is 101 Å². The monoisotopic (exact) mass is 549 g/mol. The molecule has 3 nitrogen and oxygen atoms in total. The summed E-state index contributed by atoms with van der Waals surface area (Å²) in [4.78, 5) is 5.40. The second kappa shape index (κ2) is 17.5. The molecular formula is C35H55N3S. The van der Waals surface area contributed by atoms with Gasteiger partial charge in [0.1, 0.15) is 0 Å². The van der Waals surface area contributed by atoms with Gasteiger partial charge in [0.05, 0.1) is 6.04 Å². The number of hydrogen-bond acceptors (Lipinski definition) is 4. The van der Waals surface area contributed by atoms with Crippen molar-refractivity contribution in [3.8, 4) is 0 Å². The van der Waals surface area contributed by atoms with Crippen molar-refractivity contribution < 1.29 is 0 Å². The number of thiol groups is 1. The summed E-state index contributed by atoms with van der Waals surface area (Å²) in [5, 5.41) is 12.7. The van der Waals surface area contributed by atoms with Crippen molar-refractivity contribution in [1.82, 2.24) is 5.32 Å². The van der Waals surface area contributed by atoms with Gasteiger partial charge in [-0.2, -0.15) is 0 Å². The predicted octanol–water partition coefficient (Wildman–Crippen LogP) is 9.49. The van der Waals surface area contributed by atoms with Gasteiger partial charge in [-0.05, 0) is 111 Å². The molecule has 0 bridgehead atoms. The maximum absolute atomic E-state index is 8.99. The van der Waals surface area contributed by atoms with Crippen LogP contribution in [0.1, 0.15) is 80.6 Å². The van der Waals surface area contributed by atoms with Crippen LogP contribution < -0.4 is 5.32 Å². The van der Waals surface area contributed by atoms with Crippen molar-refractivity contribution in [2.24, 2.45) is 28.2 Å². The molecule has 1 aliphatic rings. The van der Waals surface area contributed by atoms with Crippen molar-refractivity contribution in [2.45, 2.75) is 86.6 Å². The Kier molecular flexibility index (Phi) is 15.6. The first kappa shape index (κ1) is 34.9. The van der Waals surface area contributed by atoms with Gasteiger partial charge in [-0.25, -0.2) is 0 Å². The van der Waals surface area contributed by atoms with Crippen LogP contribution in [-0.2, 0) is 0 Å². The van der Waals surface area contributed by atoms with E-state index in [0.29, 0.717) is 24.2 Å². The standard InChI is InChI=1S/C35H55N3S/c1-11-27(7)34(25(4)5)33(37-10)22-31(36)21-29(24-38-23-26(6)15-14-16-32(39)12-2)28-17-19-30(20-18-28)35(8,9)13-3/h11-12,14,16-17,19-20,26,28-29,33,36,38-39H,1,4,10,13,15,18,21-24H2,2-3,5-9H3/b16-14-,32-12+,34-27+,36-31?. The minimum absolute atomic E-state index is 0.166. The van der Waals surface area contributed by atoms with Gasteiger partial charge in [0.25, 0.3) is 0 Å². The van der Waals surface area contributed by atoms with Crippen molar-refractivity contribution >= 4 is 25.1 Å². The summed E-state index contributed by atoms with van der Waals surface area (Å²) in [6.45, 7) is 29.0. The van der Waals surface area contributed by atoms with E-state index in [1.807, 2.05) is 32.9 Å². The van der Waals surface area contributed by atoms with Gasteiger partial charge >= 0.3 is 0 Å². The molecule has 0 fully saturated rings. The molecule has 0 heterocycles. The maximum atomic E-state index is 8.99. The van der Waals surface area contributed by atoms with Crippen LogP contribution in [0.2, 0.25) is 0 Å². The molecule has 4 heteroatoms. The molecule has 0 radical (unpaired) electrons. The summed E-state index contributed by atoms with van der Waals surface area (Å²) in [6, 6.07) is -0.166. The second-order valence-electron chi connectivity index (χ2n) is 11.8. The first-order valence-electron chi connectivity index (χ1n) is 14.5. The molecular weight excluding hydrogens is 494 g/mol. The fourth-order valence-electron chi connectivity index (χ4n) is 5.07. The highest BCUT2D eigenvalue weighted by Gasteiger charge is 2.27. The number of allylic oxidation sites excluding steroid dienone is 9. The summed E-state index contributed by atoms with van der Waals surface area (Å²) < 4.78 is 0. The van der Waals surface area contributed by atoms with E-state index in [0.717, 1.165) is 66.1 Å². The Bertz CT molecular complexity index is 1000. The normalized spacial score (nSPS) is 19.2. The van der Waals surface area contributed by atoms with Crippen LogP contribution in [0.5, 0.6) is 0 Å². The first-order valence-corrected chi connectivity index (χ1v) is 15.0. The number of hydrogen-bond donors (Lipinski definition) is 3. The molecule has 2 N–H and O–H groups in total. The molecule has 0 saturated carbocycles. The third kappa shape index (κ3) is 11.8.